The average Bonchev–Trinajstić information content (AvgIpc) is 2.79. The smallest absolute Gasteiger partial charge is 0.394 e. The van der Waals surface area contributed by atoms with Crippen molar-refractivity contribution in [1.82, 2.24) is 9.78 Å². The monoisotopic (exact) mass is 279 g/mol. The van der Waals surface area contributed by atoms with Crippen LogP contribution in [0.4, 0.5) is 5.82 Å². The molecule has 2 aromatic rings. The van der Waals surface area contributed by atoms with Crippen molar-refractivity contribution in [3.63, 3.8) is 0 Å². The number of hydrogen-bond donors (Lipinski definition) is 2. The van der Waals surface area contributed by atoms with Crippen LogP contribution in [0.15, 0.2) is 36.5 Å². The molecule has 98 valence electrons. The van der Waals surface area contributed by atoms with Gasteiger partial charge in [0.15, 0.2) is 5.82 Å². The normalized spacial score (nSPS) is 10.2. The van der Waals surface area contributed by atoms with Gasteiger partial charge in [0.2, 0.25) is 0 Å². The van der Waals surface area contributed by atoms with Crippen molar-refractivity contribution >= 4 is 29.3 Å². The molecule has 0 bridgehead atoms. The highest BCUT2D eigenvalue weighted by Gasteiger charge is 2.12. The SMILES string of the molecule is O=C(O)C(=O)Nc1ccn(Cc2ccc(Cl)cc2)n1. The second-order valence-corrected chi connectivity index (χ2v) is 4.22. The molecule has 1 amide bonds. The molecule has 19 heavy (non-hydrogen) atoms. The number of nitrogens with zero attached hydrogens (tertiary/aromatic N) is 2. The van der Waals surface area contributed by atoms with E-state index in [1.807, 2.05) is 12.1 Å². The minimum absolute atomic E-state index is 0.196. The topological polar surface area (TPSA) is 84.2 Å². The zero-order chi connectivity index (χ0) is 13.8. The molecule has 0 radical (unpaired) electrons. The molecule has 1 aromatic carbocycles. The lowest BCUT2D eigenvalue weighted by Crippen LogP contribution is -2.22. The molecule has 0 saturated heterocycles. The number of amides is 1. The van der Waals surface area contributed by atoms with E-state index in [0.29, 0.717) is 11.6 Å². The summed E-state index contributed by atoms with van der Waals surface area (Å²) in [6, 6.07) is 8.79. The van der Waals surface area contributed by atoms with Gasteiger partial charge in [0.1, 0.15) is 0 Å². The Labute approximate surface area is 113 Å². The molecule has 7 heteroatoms. The third-order valence-electron chi connectivity index (χ3n) is 2.33. The summed E-state index contributed by atoms with van der Waals surface area (Å²) in [5.41, 5.74) is 0.989. The van der Waals surface area contributed by atoms with Gasteiger partial charge < -0.3 is 5.11 Å². The number of halogens is 1. The molecule has 0 atom stereocenters. The van der Waals surface area contributed by atoms with Crippen LogP contribution < -0.4 is 5.32 Å². The van der Waals surface area contributed by atoms with E-state index < -0.39 is 11.9 Å². The predicted octanol–water partition coefficient (Wildman–Crippen LogP) is 1.61. The highest BCUT2D eigenvalue weighted by Crippen LogP contribution is 2.11. The molecule has 0 aliphatic carbocycles. The molecular formula is C12H10ClN3O3. The van der Waals surface area contributed by atoms with Gasteiger partial charge in [0.05, 0.1) is 6.54 Å². The zero-order valence-corrected chi connectivity index (χ0v) is 10.5. The number of hydrogen-bond acceptors (Lipinski definition) is 3. The highest BCUT2D eigenvalue weighted by atomic mass is 35.5. The number of benzene rings is 1. The largest absolute Gasteiger partial charge is 0.474 e. The maximum Gasteiger partial charge on any atom is 0.394 e. The summed E-state index contributed by atoms with van der Waals surface area (Å²) in [4.78, 5) is 21.3. The number of carboxylic acids is 1. The quantitative estimate of drug-likeness (QED) is 0.836. The third-order valence-corrected chi connectivity index (χ3v) is 2.59. The Bertz CT molecular complexity index is 607. The van der Waals surface area contributed by atoms with Crippen molar-refractivity contribution in [1.29, 1.82) is 0 Å². The molecule has 0 aliphatic rings. The first kappa shape index (κ1) is 13.1. The zero-order valence-electron chi connectivity index (χ0n) is 9.71. The molecule has 0 fully saturated rings. The molecule has 2 rings (SSSR count). The Morgan fingerprint density at radius 2 is 1.95 bits per heavy atom. The number of rotatable bonds is 3. The molecular weight excluding hydrogens is 270 g/mol. The van der Waals surface area contributed by atoms with Crippen molar-refractivity contribution in [3.05, 3.63) is 47.1 Å². The predicted molar refractivity (Wildman–Crippen MR) is 69.0 cm³/mol. The van der Waals surface area contributed by atoms with E-state index in [1.165, 1.54) is 6.07 Å². The van der Waals surface area contributed by atoms with E-state index in [0.717, 1.165) is 5.56 Å². The first-order chi connectivity index (χ1) is 9.04. The summed E-state index contributed by atoms with van der Waals surface area (Å²) in [6.07, 6.45) is 1.64. The van der Waals surface area contributed by atoms with Crippen LogP contribution in [-0.2, 0) is 16.1 Å². The minimum Gasteiger partial charge on any atom is -0.474 e. The van der Waals surface area contributed by atoms with Gasteiger partial charge in [-0.15, -0.1) is 0 Å². The van der Waals surface area contributed by atoms with E-state index in [4.69, 9.17) is 16.7 Å². The van der Waals surface area contributed by atoms with Crippen molar-refractivity contribution in [2.24, 2.45) is 0 Å². The summed E-state index contributed by atoms with van der Waals surface area (Å²) >= 11 is 5.78. The van der Waals surface area contributed by atoms with E-state index in [-0.39, 0.29) is 5.82 Å². The number of carboxylic acid groups (broad SMARTS) is 1. The van der Waals surface area contributed by atoms with Crippen LogP contribution in [0.25, 0.3) is 0 Å². The number of anilines is 1. The fraction of sp³-hybridized carbons (Fsp3) is 0.0833. The van der Waals surface area contributed by atoms with Gasteiger partial charge in [-0.3, -0.25) is 14.8 Å². The number of carbonyl (C=O) groups excluding carboxylic acids is 1. The summed E-state index contributed by atoms with van der Waals surface area (Å²) in [7, 11) is 0. The van der Waals surface area contributed by atoms with Crippen molar-refractivity contribution < 1.29 is 14.7 Å². The van der Waals surface area contributed by atoms with Gasteiger partial charge in [-0.1, -0.05) is 23.7 Å². The van der Waals surface area contributed by atoms with Crippen LogP contribution in [0.2, 0.25) is 5.02 Å². The minimum atomic E-state index is -1.55. The fourth-order valence-electron chi connectivity index (χ4n) is 1.46. The van der Waals surface area contributed by atoms with Crippen LogP contribution >= 0.6 is 11.6 Å². The second-order valence-electron chi connectivity index (χ2n) is 3.78. The number of aliphatic carboxylic acids is 1. The van der Waals surface area contributed by atoms with Crippen molar-refractivity contribution in [2.45, 2.75) is 6.54 Å². The molecule has 1 aromatic heterocycles. The Morgan fingerprint density at radius 3 is 2.58 bits per heavy atom. The summed E-state index contributed by atoms with van der Waals surface area (Å²) < 4.78 is 1.58. The maximum atomic E-state index is 10.9. The molecule has 2 N–H and O–H groups in total. The average molecular weight is 280 g/mol. The van der Waals surface area contributed by atoms with Gasteiger partial charge >= 0.3 is 11.9 Å². The molecule has 0 spiro atoms. The Balaban J connectivity index is 2.03. The summed E-state index contributed by atoms with van der Waals surface area (Å²) in [5.74, 6) is -2.47. The number of nitrogens with one attached hydrogen (secondary N) is 1. The van der Waals surface area contributed by atoms with E-state index in [1.54, 1.807) is 23.0 Å². The first-order valence-electron chi connectivity index (χ1n) is 5.37. The van der Waals surface area contributed by atoms with Gasteiger partial charge in [0.25, 0.3) is 0 Å². The van der Waals surface area contributed by atoms with Crippen LogP contribution in [0.5, 0.6) is 0 Å². The maximum absolute atomic E-state index is 10.9. The lowest BCUT2D eigenvalue weighted by atomic mass is 10.2. The summed E-state index contributed by atoms with van der Waals surface area (Å²) in [5, 5.41) is 15.3. The fourth-order valence-corrected chi connectivity index (χ4v) is 1.59. The van der Waals surface area contributed by atoms with Crippen molar-refractivity contribution in [2.75, 3.05) is 5.32 Å². The van der Waals surface area contributed by atoms with Gasteiger partial charge in [-0.2, -0.15) is 5.10 Å². The third kappa shape index (κ3) is 3.56. The van der Waals surface area contributed by atoms with Crippen LogP contribution in [-0.4, -0.2) is 26.8 Å². The van der Waals surface area contributed by atoms with Crippen LogP contribution in [0.1, 0.15) is 5.56 Å². The lowest BCUT2D eigenvalue weighted by molar-refractivity contribution is -0.147. The number of aromatic nitrogens is 2. The molecule has 0 unspecified atom stereocenters. The van der Waals surface area contributed by atoms with E-state index in [2.05, 4.69) is 10.4 Å². The Hall–Kier alpha value is -2.34. The lowest BCUT2D eigenvalue weighted by Gasteiger charge is -2.02. The molecule has 0 saturated carbocycles. The second kappa shape index (κ2) is 5.53. The Kier molecular flexibility index (Phi) is 3.82. The number of carbonyl (C=O) groups is 2. The van der Waals surface area contributed by atoms with Gasteiger partial charge in [-0.05, 0) is 17.7 Å². The van der Waals surface area contributed by atoms with Gasteiger partial charge in [-0.25, -0.2) is 4.79 Å². The van der Waals surface area contributed by atoms with Gasteiger partial charge in [0, 0.05) is 17.3 Å². The Morgan fingerprint density at radius 1 is 1.26 bits per heavy atom. The molecule has 6 nitrogen and oxygen atoms in total. The van der Waals surface area contributed by atoms with E-state index >= 15 is 0 Å². The van der Waals surface area contributed by atoms with Crippen molar-refractivity contribution in [3.8, 4) is 0 Å². The van der Waals surface area contributed by atoms with E-state index in [9.17, 15) is 9.59 Å². The summed E-state index contributed by atoms with van der Waals surface area (Å²) in [6.45, 7) is 0.500. The highest BCUT2D eigenvalue weighted by molar-refractivity contribution is 6.36. The molecule has 0 aliphatic heterocycles. The first-order valence-corrected chi connectivity index (χ1v) is 5.74. The van der Waals surface area contributed by atoms with Crippen LogP contribution in [0, 0.1) is 0 Å². The molecule has 1 heterocycles. The standard InChI is InChI=1S/C12H10ClN3O3/c13-9-3-1-8(2-4-9)7-16-6-5-10(15-16)14-11(17)12(18)19/h1-6H,7H2,(H,18,19)(H,14,15,17). The van der Waals surface area contributed by atoms with Crippen LogP contribution in [0.3, 0.4) is 0 Å².